The van der Waals surface area contributed by atoms with Gasteiger partial charge >= 0.3 is 0 Å². The smallest absolute Gasteiger partial charge is 0.0146 e. The van der Waals surface area contributed by atoms with Gasteiger partial charge in [-0.2, -0.15) is 0 Å². The molecular weight excluding hydrogens is 264 g/mol. The Labute approximate surface area is 139 Å². The fourth-order valence-electron chi connectivity index (χ4n) is 5.28. The number of fused-ring (bicyclic) bond motifs is 1. The van der Waals surface area contributed by atoms with Gasteiger partial charge in [-0.1, -0.05) is 57.9 Å². The second-order valence-electron chi connectivity index (χ2n) is 8.41. The molecule has 2 rings (SSSR count). The van der Waals surface area contributed by atoms with Gasteiger partial charge in [0.25, 0.3) is 0 Å². The van der Waals surface area contributed by atoms with Crippen molar-refractivity contribution in [3.05, 3.63) is 23.8 Å². The molecule has 0 aromatic rings. The standard InChI is InChI=1S/C22H38/c1-6-10-19(17(3)4)11-8-13-20-14-15-21-18(7-2)12-9-16-22(20,21)5/h7-8,11,17,19-21H,6,9-10,12-16H2,1-5H3/b11-8+,18-7+/t19-,20?,21?,22?/m1/s1. The van der Waals surface area contributed by atoms with Crippen LogP contribution in [0.4, 0.5) is 0 Å². The highest BCUT2D eigenvalue weighted by atomic mass is 14.5. The van der Waals surface area contributed by atoms with Crippen LogP contribution in [-0.4, -0.2) is 0 Å². The zero-order chi connectivity index (χ0) is 16.2. The summed E-state index contributed by atoms with van der Waals surface area (Å²) in [7, 11) is 0. The fourth-order valence-corrected chi connectivity index (χ4v) is 5.28. The molecular formula is C22H38. The molecule has 0 bridgehead atoms. The lowest BCUT2D eigenvalue weighted by atomic mass is 9.63. The lowest BCUT2D eigenvalue weighted by Crippen LogP contribution is -2.33. The molecule has 0 aromatic heterocycles. The van der Waals surface area contributed by atoms with Crippen molar-refractivity contribution in [1.82, 2.24) is 0 Å². The lowest BCUT2D eigenvalue weighted by molar-refractivity contribution is 0.137. The SMILES string of the molecule is C/C=C1\CCCC2(C)C(C/C=C/[C@@H](CCC)C(C)C)CCC12. The third-order valence-corrected chi connectivity index (χ3v) is 6.81. The normalized spacial score (nSPS) is 35.5. The van der Waals surface area contributed by atoms with Crippen LogP contribution in [0, 0.1) is 29.1 Å². The van der Waals surface area contributed by atoms with E-state index < -0.39 is 0 Å². The number of allylic oxidation sites excluding steroid dienone is 4. The van der Waals surface area contributed by atoms with E-state index in [4.69, 9.17) is 0 Å². The molecule has 2 aliphatic carbocycles. The molecule has 22 heavy (non-hydrogen) atoms. The minimum Gasteiger partial charge on any atom is -0.0882 e. The highest BCUT2D eigenvalue weighted by Crippen LogP contribution is 2.58. The van der Waals surface area contributed by atoms with Gasteiger partial charge in [0.1, 0.15) is 0 Å². The van der Waals surface area contributed by atoms with Gasteiger partial charge in [-0.3, -0.25) is 0 Å². The summed E-state index contributed by atoms with van der Waals surface area (Å²) in [6, 6.07) is 0. The Morgan fingerprint density at radius 3 is 2.68 bits per heavy atom. The summed E-state index contributed by atoms with van der Waals surface area (Å²) in [6.45, 7) is 11.9. The molecule has 0 radical (unpaired) electrons. The van der Waals surface area contributed by atoms with E-state index in [1.54, 1.807) is 5.57 Å². The van der Waals surface area contributed by atoms with E-state index in [9.17, 15) is 0 Å². The van der Waals surface area contributed by atoms with Gasteiger partial charge in [-0.05, 0) is 81.0 Å². The minimum absolute atomic E-state index is 0.586. The maximum atomic E-state index is 2.60. The first-order valence-corrected chi connectivity index (χ1v) is 9.84. The molecule has 126 valence electrons. The molecule has 0 heterocycles. The van der Waals surface area contributed by atoms with Crippen LogP contribution in [-0.2, 0) is 0 Å². The molecule has 4 atom stereocenters. The van der Waals surface area contributed by atoms with E-state index in [0.717, 1.165) is 23.7 Å². The molecule has 2 fully saturated rings. The van der Waals surface area contributed by atoms with Crippen molar-refractivity contribution in [2.24, 2.45) is 29.1 Å². The topological polar surface area (TPSA) is 0 Å². The monoisotopic (exact) mass is 302 g/mol. The van der Waals surface area contributed by atoms with Gasteiger partial charge in [0.05, 0.1) is 0 Å². The zero-order valence-corrected chi connectivity index (χ0v) is 15.7. The van der Waals surface area contributed by atoms with Crippen LogP contribution < -0.4 is 0 Å². The molecule has 0 spiro atoms. The second kappa shape index (κ2) is 7.84. The van der Waals surface area contributed by atoms with Crippen LogP contribution in [0.5, 0.6) is 0 Å². The van der Waals surface area contributed by atoms with Crippen LogP contribution in [0.3, 0.4) is 0 Å². The summed E-state index contributed by atoms with van der Waals surface area (Å²) in [5, 5.41) is 0. The molecule has 0 N–H and O–H groups in total. The zero-order valence-electron chi connectivity index (χ0n) is 15.7. The quantitative estimate of drug-likeness (QED) is 0.456. The Balaban J connectivity index is 1.99. The highest BCUT2D eigenvalue weighted by molar-refractivity contribution is 5.18. The van der Waals surface area contributed by atoms with Gasteiger partial charge in [0.15, 0.2) is 0 Å². The van der Waals surface area contributed by atoms with Gasteiger partial charge in [0, 0.05) is 0 Å². The Bertz CT molecular complexity index is 400. The molecule has 0 saturated heterocycles. The summed E-state index contributed by atoms with van der Waals surface area (Å²) < 4.78 is 0. The predicted molar refractivity (Wildman–Crippen MR) is 98.9 cm³/mol. The molecule has 2 saturated carbocycles. The number of hydrogen-bond acceptors (Lipinski definition) is 0. The first kappa shape index (κ1) is 17.8. The predicted octanol–water partition coefficient (Wildman–Crippen LogP) is 7.17. The van der Waals surface area contributed by atoms with E-state index in [2.05, 4.69) is 52.8 Å². The third-order valence-electron chi connectivity index (χ3n) is 6.81. The van der Waals surface area contributed by atoms with Crippen molar-refractivity contribution < 1.29 is 0 Å². The Morgan fingerprint density at radius 1 is 1.27 bits per heavy atom. The molecule has 2 aliphatic rings. The fraction of sp³-hybridized carbons (Fsp3) is 0.818. The third kappa shape index (κ3) is 3.69. The first-order chi connectivity index (χ1) is 10.5. The van der Waals surface area contributed by atoms with Crippen LogP contribution in [0.2, 0.25) is 0 Å². The Kier molecular flexibility index (Phi) is 6.36. The maximum absolute atomic E-state index is 2.60. The molecule has 0 amide bonds. The van der Waals surface area contributed by atoms with Crippen LogP contribution in [0.25, 0.3) is 0 Å². The van der Waals surface area contributed by atoms with E-state index in [1.807, 2.05) is 0 Å². The molecule has 0 heteroatoms. The van der Waals surface area contributed by atoms with Crippen molar-refractivity contribution in [3.8, 4) is 0 Å². The van der Waals surface area contributed by atoms with E-state index in [0.29, 0.717) is 5.41 Å². The molecule has 0 aromatic carbocycles. The van der Waals surface area contributed by atoms with Crippen molar-refractivity contribution in [1.29, 1.82) is 0 Å². The Hall–Kier alpha value is -0.520. The molecule has 0 nitrogen and oxygen atoms in total. The number of rotatable bonds is 6. The summed E-state index contributed by atoms with van der Waals surface area (Å²) in [5.74, 6) is 3.37. The van der Waals surface area contributed by atoms with Crippen molar-refractivity contribution in [2.45, 2.75) is 86.0 Å². The average molecular weight is 303 g/mol. The van der Waals surface area contributed by atoms with Crippen LogP contribution in [0.1, 0.15) is 86.0 Å². The minimum atomic E-state index is 0.586. The summed E-state index contributed by atoms with van der Waals surface area (Å²) >= 11 is 0. The molecule has 0 aliphatic heterocycles. The molecule has 3 unspecified atom stereocenters. The lowest BCUT2D eigenvalue weighted by Gasteiger charge is -2.42. The summed E-state index contributed by atoms with van der Waals surface area (Å²) in [5.41, 5.74) is 2.36. The highest BCUT2D eigenvalue weighted by Gasteiger charge is 2.48. The average Bonchev–Trinajstić information content (AvgIpc) is 2.82. The van der Waals surface area contributed by atoms with E-state index in [1.165, 1.54) is 51.4 Å². The number of hydrogen-bond donors (Lipinski definition) is 0. The van der Waals surface area contributed by atoms with Gasteiger partial charge in [0.2, 0.25) is 0 Å². The van der Waals surface area contributed by atoms with Gasteiger partial charge in [-0.15, -0.1) is 0 Å². The summed E-state index contributed by atoms with van der Waals surface area (Å²) in [4.78, 5) is 0. The maximum Gasteiger partial charge on any atom is -0.0146 e. The van der Waals surface area contributed by atoms with Crippen molar-refractivity contribution >= 4 is 0 Å². The van der Waals surface area contributed by atoms with Gasteiger partial charge < -0.3 is 0 Å². The van der Waals surface area contributed by atoms with E-state index >= 15 is 0 Å². The van der Waals surface area contributed by atoms with Gasteiger partial charge in [-0.25, -0.2) is 0 Å². The van der Waals surface area contributed by atoms with Crippen LogP contribution >= 0.6 is 0 Å². The Morgan fingerprint density at radius 2 is 2.05 bits per heavy atom. The largest absolute Gasteiger partial charge is 0.0882 e. The van der Waals surface area contributed by atoms with E-state index in [-0.39, 0.29) is 0 Å². The first-order valence-electron chi connectivity index (χ1n) is 9.84. The van der Waals surface area contributed by atoms with Crippen molar-refractivity contribution in [3.63, 3.8) is 0 Å². The second-order valence-corrected chi connectivity index (χ2v) is 8.41. The van der Waals surface area contributed by atoms with Crippen LogP contribution in [0.15, 0.2) is 23.8 Å². The summed E-state index contributed by atoms with van der Waals surface area (Å²) in [6.07, 6.45) is 18.6. The van der Waals surface area contributed by atoms with Crippen molar-refractivity contribution in [2.75, 3.05) is 0 Å².